The van der Waals surface area contributed by atoms with Crippen LogP contribution in [0.4, 0.5) is 0 Å². The summed E-state index contributed by atoms with van der Waals surface area (Å²) < 4.78 is 0. The smallest absolute Gasteiger partial charge is 0.0446 e. The van der Waals surface area contributed by atoms with Gasteiger partial charge in [0.2, 0.25) is 0 Å². The van der Waals surface area contributed by atoms with Gasteiger partial charge in [0, 0.05) is 15.8 Å². The molecule has 2 heteroatoms. The summed E-state index contributed by atoms with van der Waals surface area (Å²) in [5.74, 6) is 1.77. The van der Waals surface area contributed by atoms with Crippen LogP contribution in [-0.4, -0.2) is 6.54 Å². The lowest BCUT2D eigenvalue weighted by Crippen LogP contribution is -2.33. The second-order valence-electron chi connectivity index (χ2n) is 5.81. The average molecular weight is 279 g/mol. The van der Waals surface area contributed by atoms with E-state index in [1.165, 1.54) is 43.4 Å². The molecule has 1 nitrogen and oxygen atoms in total. The van der Waals surface area contributed by atoms with Gasteiger partial charge in [-0.15, -0.1) is 11.3 Å². The minimum atomic E-state index is 0.598. The Labute approximate surface area is 122 Å². The summed E-state index contributed by atoms with van der Waals surface area (Å²) in [6.07, 6.45) is 8.24. The third-order valence-electron chi connectivity index (χ3n) is 4.68. The summed E-state index contributed by atoms with van der Waals surface area (Å²) in [6, 6.07) is 5.30. The van der Waals surface area contributed by atoms with Gasteiger partial charge >= 0.3 is 0 Å². The predicted molar refractivity (Wildman–Crippen MR) is 85.9 cm³/mol. The van der Waals surface area contributed by atoms with Crippen molar-refractivity contribution in [3.05, 3.63) is 21.9 Å². The summed E-state index contributed by atoms with van der Waals surface area (Å²) in [5.41, 5.74) is 0. The minimum absolute atomic E-state index is 0.598. The first kappa shape index (κ1) is 15.1. The first-order valence-electron chi connectivity index (χ1n) is 8.12. The maximum atomic E-state index is 3.78. The molecule has 1 aliphatic rings. The Morgan fingerprint density at radius 3 is 2.63 bits per heavy atom. The van der Waals surface area contributed by atoms with E-state index in [2.05, 4.69) is 38.2 Å². The highest BCUT2D eigenvalue weighted by Gasteiger charge is 2.31. The Hall–Kier alpha value is -0.340. The van der Waals surface area contributed by atoms with Crippen LogP contribution >= 0.6 is 11.3 Å². The van der Waals surface area contributed by atoms with Gasteiger partial charge in [-0.05, 0) is 43.4 Å². The Morgan fingerprint density at radius 1 is 1.21 bits per heavy atom. The van der Waals surface area contributed by atoms with Crippen molar-refractivity contribution < 1.29 is 0 Å². The summed E-state index contributed by atoms with van der Waals surface area (Å²) in [4.78, 5) is 3.10. The third kappa shape index (κ3) is 3.61. The molecule has 1 aromatic heterocycles. The maximum absolute atomic E-state index is 3.78. The average Bonchev–Trinajstić information content (AvgIpc) is 2.93. The number of hydrogen-bond donors (Lipinski definition) is 1. The molecule has 1 fully saturated rings. The molecule has 1 saturated carbocycles. The van der Waals surface area contributed by atoms with Crippen LogP contribution in [0.15, 0.2) is 12.1 Å². The number of aryl methyl sites for hydroxylation is 1. The second-order valence-corrected chi connectivity index (χ2v) is 7.01. The standard InChI is InChI=1S/C17H29NS/c1-4-13-9-7-8-10-15(13)17(18-6-3)16-12-11-14(5-2)19-16/h11-13,15,17-18H,4-10H2,1-3H3. The summed E-state index contributed by atoms with van der Waals surface area (Å²) >= 11 is 2.02. The van der Waals surface area contributed by atoms with Crippen LogP contribution in [-0.2, 0) is 6.42 Å². The number of hydrogen-bond acceptors (Lipinski definition) is 2. The van der Waals surface area contributed by atoms with E-state index in [1.54, 1.807) is 4.88 Å². The van der Waals surface area contributed by atoms with Gasteiger partial charge in [0.15, 0.2) is 0 Å². The molecule has 0 radical (unpaired) electrons. The zero-order valence-corrected chi connectivity index (χ0v) is 13.6. The van der Waals surface area contributed by atoms with Gasteiger partial charge in [-0.1, -0.05) is 46.5 Å². The van der Waals surface area contributed by atoms with E-state index >= 15 is 0 Å². The van der Waals surface area contributed by atoms with E-state index in [0.717, 1.165) is 18.4 Å². The highest BCUT2D eigenvalue weighted by atomic mass is 32.1. The van der Waals surface area contributed by atoms with Crippen molar-refractivity contribution in [1.29, 1.82) is 0 Å². The number of rotatable bonds is 6. The molecule has 0 spiro atoms. The molecule has 0 amide bonds. The van der Waals surface area contributed by atoms with Crippen LogP contribution in [0.2, 0.25) is 0 Å². The van der Waals surface area contributed by atoms with E-state index < -0.39 is 0 Å². The van der Waals surface area contributed by atoms with Crippen LogP contribution in [0.3, 0.4) is 0 Å². The van der Waals surface area contributed by atoms with Crippen molar-refractivity contribution in [2.45, 2.75) is 65.3 Å². The van der Waals surface area contributed by atoms with Crippen LogP contribution in [0.5, 0.6) is 0 Å². The van der Waals surface area contributed by atoms with Crippen LogP contribution in [0.25, 0.3) is 0 Å². The summed E-state index contributed by atoms with van der Waals surface area (Å²) in [5, 5.41) is 3.78. The quantitative estimate of drug-likeness (QED) is 0.756. The highest BCUT2D eigenvalue weighted by molar-refractivity contribution is 7.12. The van der Waals surface area contributed by atoms with E-state index in [-0.39, 0.29) is 0 Å². The van der Waals surface area contributed by atoms with E-state index in [9.17, 15) is 0 Å². The molecule has 0 saturated heterocycles. The van der Waals surface area contributed by atoms with Gasteiger partial charge in [-0.25, -0.2) is 0 Å². The van der Waals surface area contributed by atoms with Crippen molar-refractivity contribution in [2.75, 3.05) is 6.54 Å². The van der Waals surface area contributed by atoms with Crippen molar-refractivity contribution in [3.8, 4) is 0 Å². The van der Waals surface area contributed by atoms with Gasteiger partial charge < -0.3 is 5.32 Å². The van der Waals surface area contributed by atoms with E-state index in [1.807, 2.05) is 11.3 Å². The predicted octanol–water partition coefficient (Wildman–Crippen LogP) is 5.18. The van der Waals surface area contributed by atoms with Crippen LogP contribution < -0.4 is 5.32 Å². The minimum Gasteiger partial charge on any atom is -0.309 e. The van der Waals surface area contributed by atoms with Crippen molar-refractivity contribution in [2.24, 2.45) is 11.8 Å². The second kappa shape index (κ2) is 7.44. The molecule has 1 N–H and O–H groups in total. The lowest BCUT2D eigenvalue weighted by atomic mass is 9.73. The van der Waals surface area contributed by atoms with Crippen LogP contribution in [0.1, 0.15) is 68.7 Å². The Kier molecular flexibility index (Phi) is 5.90. The number of nitrogens with one attached hydrogen (secondary N) is 1. The Bertz CT molecular complexity index is 371. The maximum Gasteiger partial charge on any atom is 0.0446 e. The molecule has 1 aromatic rings. The summed E-state index contributed by atoms with van der Waals surface area (Å²) in [6.45, 7) is 7.95. The molecule has 19 heavy (non-hydrogen) atoms. The Balaban J connectivity index is 2.17. The van der Waals surface area contributed by atoms with E-state index in [0.29, 0.717) is 6.04 Å². The Morgan fingerprint density at radius 2 is 2.00 bits per heavy atom. The molecule has 108 valence electrons. The topological polar surface area (TPSA) is 12.0 Å². The van der Waals surface area contributed by atoms with Crippen molar-refractivity contribution in [3.63, 3.8) is 0 Å². The SMILES string of the molecule is CCNC(c1ccc(CC)s1)C1CCCCC1CC. The first-order valence-corrected chi connectivity index (χ1v) is 8.93. The monoisotopic (exact) mass is 279 g/mol. The fourth-order valence-corrected chi connectivity index (χ4v) is 4.72. The third-order valence-corrected chi connectivity index (χ3v) is 5.99. The molecule has 0 aromatic carbocycles. The molecule has 3 atom stereocenters. The van der Waals surface area contributed by atoms with Gasteiger partial charge in [-0.2, -0.15) is 0 Å². The molecule has 0 bridgehead atoms. The van der Waals surface area contributed by atoms with Gasteiger partial charge in [0.1, 0.15) is 0 Å². The fourth-order valence-electron chi connectivity index (χ4n) is 3.62. The van der Waals surface area contributed by atoms with Gasteiger partial charge in [0.05, 0.1) is 0 Å². The van der Waals surface area contributed by atoms with Gasteiger partial charge in [-0.3, -0.25) is 0 Å². The fraction of sp³-hybridized carbons (Fsp3) is 0.765. The van der Waals surface area contributed by atoms with Gasteiger partial charge in [0.25, 0.3) is 0 Å². The first-order chi connectivity index (χ1) is 9.30. The zero-order valence-electron chi connectivity index (χ0n) is 12.7. The molecule has 1 aliphatic carbocycles. The normalized spacial score (nSPS) is 25.4. The van der Waals surface area contributed by atoms with E-state index in [4.69, 9.17) is 0 Å². The van der Waals surface area contributed by atoms with Crippen molar-refractivity contribution in [1.82, 2.24) is 5.32 Å². The highest BCUT2D eigenvalue weighted by Crippen LogP contribution is 2.41. The molecule has 0 aliphatic heterocycles. The lowest BCUT2D eigenvalue weighted by molar-refractivity contribution is 0.178. The largest absolute Gasteiger partial charge is 0.309 e. The molecule has 3 unspecified atom stereocenters. The molecule has 1 heterocycles. The number of thiophene rings is 1. The molecular weight excluding hydrogens is 250 g/mol. The molecule has 2 rings (SSSR count). The zero-order chi connectivity index (χ0) is 13.7. The lowest BCUT2D eigenvalue weighted by Gasteiger charge is -2.37. The van der Waals surface area contributed by atoms with Crippen LogP contribution in [0, 0.1) is 11.8 Å². The van der Waals surface area contributed by atoms with Crippen molar-refractivity contribution >= 4 is 11.3 Å². The summed E-state index contributed by atoms with van der Waals surface area (Å²) in [7, 11) is 0. The molecular formula is C17H29NS.